The molecular weight excluding hydrogens is 218 g/mol. The minimum absolute atomic E-state index is 0.00187. The van der Waals surface area contributed by atoms with Gasteiger partial charge >= 0.3 is 0 Å². The van der Waals surface area contributed by atoms with Crippen molar-refractivity contribution in [2.75, 3.05) is 32.1 Å². The SMILES string of the molecule is O=C(CN1CCCS1(=O)=O)C1CCOC1. The second-order valence-electron chi connectivity index (χ2n) is 4.03. The quantitative estimate of drug-likeness (QED) is 0.667. The summed E-state index contributed by atoms with van der Waals surface area (Å²) < 4.78 is 29.3. The van der Waals surface area contributed by atoms with Crippen LogP contribution < -0.4 is 0 Å². The van der Waals surface area contributed by atoms with Crippen LogP contribution in [0.25, 0.3) is 0 Å². The molecule has 1 atom stereocenters. The summed E-state index contributed by atoms with van der Waals surface area (Å²) >= 11 is 0. The molecule has 2 fully saturated rings. The van der Waals surface area contributed by atoms with E-state index in [1.165, 1.54) is 4.31 Å². The van der Waals surface area contributed by atoms with Crippen LogP contribution in [-0.4, -0.2) is 50.6 Å². The molecule has 2 rings (SSSR count). The van der Waals surface area contributed by atoms with Gasteiger partial charge in [-0.1, -0.05) is 0 Å². The van der Waals surface area contributed by atoms with Gasteiger partial charge in [-0.25, -0.2) is 8.42 Å². The van der Waals surface area contributed by atoms with Crippen LogP contribution in [0.5, 0.6) is 0 Å². The van der Waals surface area contributed by atoms with Crippen molar-refractivity contribution in [1.29, 1.82) is 0 Å². The molecule has 0 amide bonds. The van der Waals surface area contributed by atoms with Gasteiger partial charge < -0.3 is 4.74 Å². The van der Waals surface area contributed by atoms with Gasteiger partial charge in [-0.15, -0.1) is 0 Å². The first-order chi connectivity index (χ1) is 7.09. The number of carbonyl (C=O) groups is 1. The predicted octanol–water partition coefficient (Wildman–Crippen LogP) is -0.373. The standard InChI is InChI=1S/C9H15NO4S/c11-9(8-2-4-14-7-8)6-10-3-1-5-15(10,12)13/h8H,1-7H2. The molecule has 0 aromatic heterocycles. The van der Waals surface area contributed by atoms with Gasteiger partial charge in [-0.05, 0) is 12.8 Å². The topological polar surface area (TPSA) is 63.7 Å². The van der Waals surface area contributed by atoms with Crippen molar-refractivity contribution in [2.24, 2.45) is 5.92 Å². The minimum atomic E-state index is -3.14. The molecule has 0 N–H and O–H groups in total. The molecule has 0 aromatic rings. The first-order valence-electron chi connectivity index (χ1n) is 5.18. The van der Waals surface area contributed by atoms with E-state index >= 15 is 0 Å². The molecule has 6 heteroatoms. The minimum Gasteiger partial charge on any atom is -0.381 e. The Kier molecular flexibility index (Phi) is 3.08. The van der Waals surface area contributed by atoms with Crippen molar-refractivity contribution in [3.63, 3.8) is 0 Å². The fourth-order valence-electron chi connectivity index (χ4n) is 1.96. The van der Waals surface area contributed by atoms with Gasteiger partial charge in [0.15, 0.2) is 5.78 Å². The van der Waals surface area contributed by atoms with E-state index < -0.39 is 10.0 Å². The first kappa shape index (κ1) is 11.0. The van der Waals surface area contributed by atoms with Gasteiger partial charge in [0.25, 0.3) is 0 Å². The van der Waals surface area contributed by atoms with Gasteiger partial charge in [0.05, 0.1) is 18.9 Å². The number of nitrogens with zero attached hydrogens (tertiary/aromatic N) is 1. The number of sulfonamides is 1. The lowest BCUT2D eigenvalue weighted by molar-refractivity contribution is -0.123. The normalized spacial score (nSPS) is 30.8. The third kappa shape index (κ3) is 2.38. The molecule has 0 aliphatic carbocycles. The Balaban J connectivity index is 1.94. The highest BCUT2D eigenvalue weighted by Gasteiger charge is 2.32. The van der Waals surface area contributed by atoms with Crippen LogP contribution >= 0.6 is 0 Å². The third-order valence-corrected chi connectivity index (χ3v) is 4.82. The van der Waals surface area contributed by atoms with E-state index in [2.05, 4.69) is 0 Å². The lowest BCUT2D eigenvalue weighted by Gasteiger charge is -2.15. The monoisotopic (exact) mass is 233 g/mol. The summed E-state index contributed by atoms with van der Waals surface area (Å²) in [5.41, 5.74) is 0. The highest BCUT2D eigenvalue weighted by atomic mass is 32.2. The second-order valence-corrected chi connectivity index (χ2v) is 6.12. The molecule has 86 valence electrons. The van der Waals surface area contributed by atoms with Gasteiger partial charge in [0.1, 0.15) is 0 Å². The molecular formula is C9H15NO4S. The molecule has 5 nitrogen and oxygen atoms in total. The number of hydrogen-bond donors (Lipinski definition) is 0. The molecule has 0 aromatic carbocycles. The van der Waals surface area contributed by atoms with Crippen molar-refractivity contribution >= 4 is 15.8 Å². The van der Waals surface area contributed by atoms with Crippen LogP contribution in [0.1, 0.15) is 12.8 Å². The maximum Gasteiger partial charge on any atom is 0.214 e. The molecule has 2 aliphatic heterocycles. The molecule has 0 radical (unpaired) electrons. The lowest BCUT2D eigenvalue weighted by atomic mass is 10.0. The van der Waals surface area contributed by atoms with Crippen LogP contribution in [0, 0.1) is 5.92 Å². The summed E-state index contributed by atoms with van der Waals surface area (Å²) in [5, 5.41) is 0. The maximum atomic E-state index is 11.7. The number of rotatable bonds is 3. The van der Waals surface area contributed by atoms with Crippen LogP contribution in [0.15, 0.2) is 0 Å². The fourth-order valence-corrected chi connectivity index (χ4v) is 3.44. The molecule has 2 heterocycles. The highest BCUT2D eigenvalue weighted by molar-refractivity contribution is 7.89. The van der Waals surface area contributed by atoms with Gasteiger partial charge in [-0.3, -0.25) is 4.79 Å². The van der Waals surface area contributed by atoms with E-state index in [9.17, 15) is 13.2 Å². The Morgan fingerprint density at radius 1 is 1.47 bits per heavy atom. The zero-order valence-electron chi connectivity index (χ0n) is 8.52. The van der Waals surface area contributed by atoms with Gasteiger partial charge in [0.2, 0.25) is 10.0 Å². The Bertz CT molecular complexity index is 345. The van der Waals surface area contributed by atoms with E-state index in [0.29, 0.717) is 26.2 Å². The third-order valence-electron chi connectivity index (χ3n) is 2.92. The van der Waals surface area contributed by atoms with E-state index in [0.717, 1.165) is 6.42 Å². The molecule has 2 aliphatic rings. The lowest BCUT2D eigenvalue weighted by Crippen LogP contribution is -2.34. The molecule has 2 saturated heterocycles. The Morgan fingerprint density at radius 3 is 2.80 bits per heavy atom. The molecule has 15 heavy (non-hydrogen) atoms. The average Bonchev–Trinajstić information content (AvgIpc) is 2.76. The van der Waals surface area contributed by atoms with Crippen LogP contribution in [0.4, 0.5) is 0 Å². The number of hydrogen-bond acceptors (Lipinski definition) is 4. The Labute approximate surface area is 89.4 Å². The van der Waals surface area contributed by atoms with Gasteiger partial charge in [-0.2, -0.15) is 4.31 Å². The second kappa shape index (κ2) is 4.19. The van der Waals surface area contributed by atoms with Crippen molar-refractivity contribution < 1.29 is 17.9 Å². The summed E-state index contributed by atoms with van der Waals surface area (Å²) in [6.07, 6.45) is 1.36. The van der Waals surface area contributed by atoms with Crippen LogP contribution in [-0.2, 0) is 19.6 Å². The predicted molar refractivity (Wildman–Crippen MR) is 53.9 cm³/mol. The Morgan fingerprint density at radius 2 is 2.27 bits per heavy atom. The molecule has 0 spiro atoms. The number of carbonyl (C=O) groups excluding carboxylic acids is 1. The largest absolute Gasteiger partial charge is 0.381 e. The fraction of sp³-hybridized carbons (Fsp3) is 0.889. The van der Waals surface area contributed by atoms with Crippen LogP contribution in [0.3, 0.4) is 0 Å². The number of Topliss-reactive ketones (excluding diaryl/α,β-unsaturated/α-hetero) is 1. The summed E-state index contributed by atoms with van der Waals surface area (Å²) in [6, 6.07) is 0. The van der Waals surface area contributed by atoms with Crippen molar-refractivity contribution in [2.45, 2.75) is 12.8 Å². The first-order valence-corrected chi connectivity index (χ1v) is 6.79. The molecule has 1 unspecified atom stereocenters. The zero-order chi connectivity index (χ0) is 10.9. The maximum absolute atomic E-state index is 11.7. The zero-order valence-corrected chi connectivity index (χ0v) is 9.33. The summed E-state index contributed by atoms with van der Waals surface area (Å²) in [5.74, 6) is 0.0836. The van der Waals surface area contributed by atoms with E-state index in [1.54, 1.807) is 0 Å². The van der Waals surface area contributed by atoms with E-state index in [-0.39, 0.29) is 24.0 Å². The Hall–Kier alpha value is -0.460. The summed E-state index contributed by atoms with van der Waals surface area (Å²) in [7, 11) is -3.14. The highest BCUT2D eigenvalue weighted by Crippen LogP contribution is 2.18. The number of ketones is 1. The molecule has 0 saturated carbocycles. The van der Waals surface area contributed by atoms with Crippen LogP contribution in [0.2, 0.25) is 0 Å². The summed E-state index contributed by atoms with van der Waals surface area (Å²) in [4.78, 5) is 11.7. The molecule has 0 bridgehead atoms. The van der Waals surface area contributed by atoms with Gasteiger partial charge in [0, 0.05) is 19.1 Å². The smallest absolute Gasteiger partial charge is 0.214 e. The van der Waals surface area contributed by atoms with Crippen molar-refractivity contribution in [3.8, 4) is 0 Å². The average molecular weight is 233 g/mol. The van der Waals surface area contributed by atoms with Crippen molar-refractivity contribution in [1.82, 2.24) is 4.31 Å². The number of ether oxygens (including phenoxy) is 1. The van der Waals surface area contributed by atoms with E-state index in [4.69, 9.17) is 4.74 Å². The van der Waals surface area contributed by atoms with Crippen molar-refractivity contribution in [3.05, 3.63) is 0 Å². The van der Waals surface area contributed by atoms with E-state index in [1.807, 2.05) is 0 Å². The summed E-state index contributed by atoms with van der Waals surface area (Å²) in [6.45, 7) is 1.59.